The maximum atomic E-state index is 6.48. The smallest absolute Gasteiger partial charge is 0.160 e. The number of aromatic nitrogens is 1. The normalized spacial score (nSPS) is 26.9. The molecule has 0 N–H and O–H groups in total. The summed E-state index contributed by atoms with van der Waals surface area (Å²) in [5, 5.41) is 2.48. The molecule has 2 aromatic rings. The molecule has 2 aliphatic rings. The van der Waals surface area contributed by atoms with Crippen LogP contribution >= 0.6 is 23.4 Å². The largest absolute Gasteiger partial charge is 0.341 e. The van der Waals surface area contributed by atoms with Crippen LogP contribution in [0.4, 0.5) is 0 Å². The summed E-state index contributed by atoms with van der Waals surface area (Å²) in [6.07, 6.45) is 1.83. The van der Waals surface area contributed by atoms with Crippen molar-refractivity contribution in [3.8, 4) is 0 Å². The molecule has 0 spiro atoms. The molecule has 0 saturated carbocycles. The Hall–Kier alpha value is -1.52. The first kappa shape index (κ1) is 14.1. The van der Waals surface area contributed by atoms with Gasteiger partial charge in [-0.3, -0.25) is 9.98 Å². The molecule has 3 atom stereocenters. The fraction of sp³-hybridized carbons (Fsp3) is 0.294. The molecular weight excluding hydrogens is 314 g/mol. The van der Waals surface area contributed by atoms with Crippen LogP contribution in [0.25, 0.3) is 0 Å². The van der Waals surface area contributed by atoms with Crippen LogP contribution in [0, 0.1) is 0 Å². The van der Waals surface area contributed by atoms with Gasteiger partial charge in [0, 0.05) is 23.0 Å². The first-order valence-electron chi connectivity index (χ1n) is 7.40. The predicted octanol–water partition coefficient (Wildman–Crippen LogP) is 4.32. The third kappa shape index (κ3) is 2.31. The lowest BCUT2D eigenvalue weighted by Crippen LogP contribution is -2.28. The van der Waals surface area contributed by atoms with Gasteiger partial charge in [-0.15, -0.1) is 0 Å². The third-order valence-electron chi connectivity index (χ3n) is 4.11. The van der Waals surface area contributed by atoms with Crippen LogP contribution in [0.2, 0.25) is 5.02 Å². The van der Waals surface area contributed by atoms with Gasteiger partial charge >= 0.3 is 0 Å². The van der Waals surface area contributed by atoms with Crippen molar-refractivity contribution in [2.45, 2.75) is 24.3 Å². The summed E-state index contributed by atoms with van der Waals surface area (Å²) in [7, 11) is 0. The molecule has 0 unspecified atom stereocenters. The molecule has 112 valence electrons. The van der Waals surface area contributed by atoms with E-state index in [4.69, 9.17) is 16.6 Å². The molecule has 1 aromatic carbocycles. The fourth-order valence-corrected chi connectivity index (χ4v) is 4.51. The third-order valence-corrected chi connectivity index (χ3v) is 5.55. The van der Waals surface area contributed by atoms with Crippen molar-refractivity contribution in [2.75, 3.05) is 6.54 Å². The maximum absolute atomic E-state index is 6.48. The molecule has 0 aliphatic carbocycles. The maximum Gasteiger partial charge on any atom is 0.160 e. The number of halogens is 1. The Morgan fingerprint density at radius 1 is 1.18 bits per heavy atom. The second-order valence-electron chi connectivity index (χ2n) is 5.66. The van der Waals surface area contributed by atoms with E-state index in [0.29, 0.717) is 5.25 Å². The minimum Gasteiger partial charge on any atom is -0.341 e. The molecule has 3 nitrogen and oxygen atoms in total. The molecule has 0 bridgehead atoms. The van der Waals surface area contributed by atoms with Crippen LogP contribution in [0.5, 0.6) is 0 Å². The SMILES string of the molecule is C[C@@H]1CN2C(=N[C@H](c3ccccn3)[C@H]2c2ccccc2Cl)S1. The van der Waals surface area contributed by atoms with E-state index in [0.717, 1.165) is 28.0 Å². The van der Waals surface area contributed by atoms with Crippen molar-refractivity contribution >= 4 is 28.5 Å². The van der Waals surface area contributed by atoms with E-state index < -0.39 is 0 Å². The molecule has 22 heavy (non-hydrogen) atoms. The number of aliphatic imine (C=N–C) groups is 1. The molecule has 0 radical (unpaired) electrons. The van der Waals surface area contributed by atoms with E-state index in [1.165, 1.54) is 0 Å². The van der Waals surface area contributed by atoms with Gasteiger partial charge in [0.2, 0.25) is 0 Å². The van der Waals surface area contributed by atoms with Crippen molar-refractivity contribution in [1.29, 1.82) is 0 Å². The van der Waals surface area contributed by atoms with Crippen molar-refractivity contribution in [2.24, 2.45) is 4.99 Å². The van der Waals surface area contributed by atoms with Gasteiger partial charge in [0.15, 0.2) is 5.17 Å². The number of fused-ring (bicyclic) bond motifs is 1. The Labute approximate surface area is 139 Å². The summed E-state index contributed by atoms with van der Waals surface area (Å²) in [4.78, 5) is 11.9. The van der Waals surface area contributed by atoms with Crippen LogP contribution in [0.3, 0.4) is 0 Å². The predicted molar refractivity (Wildman–Crippen MR) is 92.4 cm³/mol. The van der Waals surface area contributed by atoms with Crippen LogP contribution in [-0.4, -0.2) is 26.8 Å². The van der Waals surface area contributed by atoms with Crippen molar-refractivity contribution in [3.05, 3.63) is 64.9 Å². The fourth-order valence-electron chi connectivity index (χ4n) is 3.17. The van der Waals surface area contributed by atoms with Gasteiger partial charge in [0.05, 0.1) is 11.7 Å². The first-order valence-corrected chi connectivity index (χ1v) is 8.66. The minimum atomic E-state index is 0.0103. The van der Waals surface area contributed by atoms with Crippen molar-refractivity contribution in [3.63, 3.8) is 0 Å². The zero-order chi connectivity index (χ0) is 15.1. The summed E-state index contributed by atoms with van der Waals surface area (Å²) >= 11 is 8.32. The standard InChI is InChI=1S/C17H16ClN3S/c1-11-10-21-16(12-6-2-3-7-13(12)18)15(20-17(21)22-11)14-8-4-5-9-19-14/h2-9,11,15-16H,10H2,1H3/t11-,15-,16-/m1/s1. The summed E-state index contributed by atoms with van der Waals surface area (Å²) in [6.45, 7) is 3.24. The molecule has 1 saturated heterocycles. The van der Waals surface area contributed by atoms with Crippen LogP contribution in [0.1, 0.15) is 30.3 Å². The lowest BCUT2D eigenvalue weighted by Gasteiger charge is -2.28. The molecule has 5 heteroatoms. The monoisotopic (exact) mass is 329 g/mol. The number of hydrogen-bond acceptors (Lipinski definition) is 4. The van der Waals surface area contributed by atoms with Crippen molar-refractivity contribution < 1.29 is 0 Å². The number of pyridine rings is 1. The molecule has 3 heterocycles. The van der Waals surface area contributed by atoms with Gasteiger partial charge < -0.3 is 4.90 Å². The molecule has 1 fully saturated rings. The highest BCUT2D eigenvalue weighted by atomic mass is 35.5. The number of rotatable bonds is 2. The highest BCUT2D eigenvalue weighted by molar-refractivity contribution is 8.14. The van der Waals surface area contributed by atoms with Gasteiger partial charge in [-0.2, -0.15) is 0 Å². The summed E-state index contributed by atoms with van der Waals surface area (Å²) in [6, 6.07) is 14.2. The highest BCUT2D eigenvalue weighted by Gasteiger charge is 2.44. The second kappa shape index (κ2) is 5.60. The van der Waals surface area contributed by atoms with Crippen molar-refractivity contribution in [1.82, 2.24) is 9.88 Å². The van der Waals surface area contributed by atoms with Gasteiger partial charge in [-0.05, 0) is 23.8 Å². The topological polar surface area (TPSA) is 28.5 Å². The number of thioether (sulfide) groups is 1. The molecule has 4 rings (SSSR count). The number of nitrogens with zero attached hydrogens (tertiary/aromatic N) is 3. The average molecular weight is 330 g/mol. The second-order valence-corrected chi connectivity index (χ2v) is 7.47. The van der Waals surface area contributed by atoms with E-state index in [1.807, 2.05) is 48.3 Å². The summed E-state index contributed by atoms with van der Waals surface area (Å²) in [5.41, 5.74) is 2.14. The van der Waals surface area contributed by atoms with E-state index in [1.54, 1.807) is 0 Å². The van der Waals surface area contributed by atoms with Gasteiger partial charge in [0.25, 0.3) is 0 Å². The van der Waals surface area contributed by atoms with Gasteiger partial charge in [-0.1, -0.05) is 54.6 Å². The quantitative estimate of drug-likeness (QED) is 0.821. The molecule has 2 aliphatic heterocycles. The van der Waals surface area contributed by atoms with Crippen LogP contribution < -0.4 is 0 Å². The van der Waals surface area contributed by atoms with Crippen LogP contribution in [0.15, 0.2) is 53.7 Å². The summed E-state index contributed by atoms with van der Waals surface area (Å²) in [5.74, 6) is 0. The lowest BCUT2D eigenvalue weighted by molar-refractivity contribution is 0.321. The zero-order valence-electron chi connectivity index (χ0n) is 12.2. The first-order chi connectivity index (χ1) is 10.7. The Bertz CT molecular complexity index is 719. The number of amidine groups is 1. The average Bonchev–Trinajstić information content (AvgIpc) is 3.05. The van der Waals surface area contributed by atoms with E-state index in [2.05, 4.69) is 28.9 Å². The van der Waals surface area contributed by atoms with E-state index in [-0.39, 0.29) is 12.1 Å². The Morgan fingerprint density at radius 2 is 2.00 bits per heavy atom. The molecule has 0 amide bonds. The zero-order valence-corrected chi connectivity index (χ0v) is 13.8. The van der Waals surface area contributed by atoms with Gasteiger partial charge in [0.1, 0.15) is 6.04 Å². The van der Waals surface area contributed by atoms with E-state index >= 15 is 0 Å². The Kier molecular flexibility index (Phi) is 3.59. The number of hydrogen-bond donors (Lipinski definition) is 0. The summed E-state index contributed by atoms with van der Waals surface area (Å²) < 4.78 is 0. The Morgan fingerprint density at radius 3 is 2.77 bits per heavy atom. The minimum absolute atomic E-state index is 0.0103. The van der Waals surface area contributed by atoms with E-state index in [9.17, 15) is 0 Å². The highest BCUT2D eigenvalue weighted by Crippen LogP contribution is 2.48. The molecular formula is C17H16ClN3S. The van der Waals surface area contributed by atoms with Crippen LogP contribution in [-0.2, 0) is 0 Å². The lowest BCUT2D eigenvalue weighted by atomic mass is 9.96. The Balaban J connectivity index is 1.81. The molecule has 1 aromatic heterocycles. The van der Waals surface area contributed by atoms with Gasteiger partial charge in [-0.25, -0.2) is 0 Å². The number of benzene rings is 1.